The van der Waals surface area contributed by atoms with Crippen LogP contribution in [0.5, 0.6) is 0 Å². The zero-order valence-electron chi connectivity index (χ0n) is 18.0. The first-order valence-electron chi connectivity index (χ1n) is 10.4. The summed E-state index contributed by atoms with van der Waals surface area (Å²) in [6.07, 6.45) is 4.63. The largest absolute Gasteiger partial charge is 0.367 e. The van der Waals surface area contributed by atoms with E-state index in [0.29, 0.717) is 24.7 Å². The van der Waals surface area contributed by atoms with E-state index in [9.17, 15) is 4.79 Å². The van der Waals surface area contributed by atoms with Gasteiger partial charge in [0.1, 0.15) is 17.5 Å². The van der Waals surface area contributed by atoms with Crippen molar-refractivity contribution in [2.45, 2.75) is 79.7 Å². The summed E-state index contributed by atoms with van der Waals surface area (Å²) in [6, 6.07) is 4.60. The lowest BCUT2D eigenvalue weighted by atomic mass is 9.99. The van der Waals surface area contributed by atoms with Crippen molar-refractivity contribution in [2.24, 2.45) is 0 Å². The topological polar surface area (TPSA) is 58.1 Å². The van der Waals surface area contributed by atoms with Gasteiger partial charge in [-0.25, -0.2) is 9.97 Å². The van der Waals surface area contributed by atoms with Crippen LogP contribution >= 0.6 is 0 Å². The van der Waals surface area contributed by atoms with Crippen molar-refractivity contribution < 1.29 is 4.79 Å². The lowest BCUT2D eigenvalue weighted by Gasteiger charge is -2.32. The standard InChI is InChI=1S/C23H32N4O/c1-7-8-9-17(5)24-22-19-10-11-20(28)27(23(19)26-18(6)25-22)21-15(3)12-14(2)13-16(21)4/h12-13,17H,7-11H2,1-6H3,(H,24,25,26). The van der Waals surface area contributed by atoms with E-state index in [1.807, 2.05) is 11.8 Å². The van der Waals surface area contributed by atoms with E-state index in [0.717, 1.165) is 40.4 Å². The molecule has 3 rings (SSSR count). The first kappa shape index (κ1) is 20.3. The van der Waals surface area contributed by atoms with Crippen molar-refractivity contribution in [3.63, 3.8) is 0 Å². The lowest BCUT2D eigenvalue weighted by molar-refractivity contribution is -0.118. The third-order valence-electron chi connectivity index (χ3n) is 5.38. The smallest absolute Gasteiger partial charge is 0.233 e. The summed E-state index contributed by atoms with van der Waals surface area (Å²) >= 11 is 0. The van der Waals surface area contributed by atoms with E-state index in [1.54, 1.807) is 0 Å². The highest BCUT2D eigenvalue weighted by molar-refractivity contribution is 6.04. The molecule has 28 heavy (non-hydrogen) atoms. The number of aryl methyl sites for hydroxylation is 4. The van der Waals surface area contributed by atoms with Crippen LogP contribution < -0.4 is 10.2 Å². The third-order valence-corrected chi connectivity index (χ3v) is 5.38. The van der Waals surface area contributed by atoms with Crippen LogP contribution in [0.3, 0.4) is 0 Å². The average molecular weight is 381 g/mol. The number of hydrogen-bond donors (Lipinski definition) is 1. The molecular weight excluding hydrogens is 348 g/mol. The second-order valence-electron chi connectivity index (χ2n) is 8.09. The van der Waals surface area contributed by atoms with Gasteiger partial charge in [-0.1, -0.05) is 37.5 Å². The van der Waals surface area contributed by atoms with Gasteiger partial charge in [0.25, 0.3) is 0 Å². The Morgan fingerprint density at radius 2 is 1.79 bits per heavy atom. The molecule has 150 valence electrons. The molecule has 1 aliphatic heterocycles. The van der Waals surface area contributed by atoms with Crippen molar-refractivity contribution in [3.8, 4) is 0 Å². The summed E-state index contributed by atoms with van der Waals surface area (Å²) in [5.74, 6) is 2.41. The molecule has 2 heterocycles. The number of carbonyl (C=O) groups excluding carboxylic acids is 1. The number of aromatic nitrogens is 2. The van der Waals surface area contributed by atoms with Crippen LogP contribution in [0.15, 0.2) is 12.1 Å². The summed E-state index contributed by atoms with van der Waals surface area (Å²) in [7, 11) is 0. The molecule has 0 radical (unpaired) electrons. The Kier molecular flexibility index (Phi) is 6.01. The normalized spacial score (nSPS) is 14.8. The highest BCUT2D eigenvalue weighted by atomic mass is 16.2. The fourth-order valence-electron chi connectivity index (χ4n) is 4.15. The van der Waals surface area contributed by atoms with Gasteiger partial charge >= 0.3 is 0 Å². The van der Waals surface area contributed by atoms with Crippen molar-refractivity contribution in [2.75, 3.05) is 10.2 Å². The van der Waals surface area contributed by atoms with Crippen LogP contribution in [-0.2, 0) is 11.2 Å². The minimum absolute atomic E-state index is 0.102. The summed E-state index contributed by atoms with van der Waals surface area (Å²) in [4.78, 5) is 24.2. The number of carbonyl (C=O) groups is 1. The molecule has 0 spiro atoms. The second-order valence-corrected chi connectivity index (χ2v) is 8.09. The van der Waals surface area contributed by atoms with Gasteiger partial charge in [-0.2, -0.15) is 0 Å². The Labute approximate surface area is 168 Å². The lowest BCUT2D eigenvalue weighted by Crippen LogP contribution is -2.34. The van der Waals surface area contributed by atoms with Crippen molar-refractivity contribution in [3.05, 3.63) is 40.2 Å². The molecule has 1 unspecified atom stereocenters. The zero-order valence-corrected chi connectivity index (χ0v) is 18.0. The van der Waals surface area contributed by atoms with Gasteiger partial charge in [-0.05, 0) is 58.6 Å². The quantitative estimate of drug-likeness (QED) is 0.737. The van der Waals surface area contributed by atoms with E-state index >= 15 is 0 Å². The first-order chi connectivity index (χ1) is 13.3. The van der Waals surface area contributed by atoms with Gasteiger partial charge in [0.15, 0.2) is 0 Å². The molecule has 1 aliphatic rings. The van der Waals surface area contributed by atoms with Crippen LogP contribution in [-0.4, -0.2) is 21.9 Å². The average Bonchev–Trinajstić information content (AvgIpc) is 2.61. The molecule has 1 aromatic carbocycles. The van der Waals surface area contributed by atoms with E-state index < -0.39 is 0 Å². The molecular formula is C23H32N4O. The number of nitrogens with one attached hydrogen (secondary N) is 1. The zero-order chi connectivity index (χ0) is 20.4. The van der Waals surface area contributed by atoms with Crippen LogP contribution in [0.4, 0.5) is 17.3 Å². The Bertz CT molecular complexity index is 867. The number of nitrogens with zero attached hydrogens (tertiary/aromatic N) is 3. The molecule has 1 atom stereocenters. The molecule has 0 bridgehead atoms. The summed E-state index contributed by atoms with van der Waals surface area (Å²) in [5.41, 5.74) is 5.41. The van der Waals surface area contributed by atoms with E-state index in [4.69, 9.17) is 4.98 Å². The Balaban J connectivity index is 2.08. The second kappa shape index (κ2) is 8.29. The van der Waals surface area contributed by atoms with Gasteiger partial charge in [-0.3, -0.25) is 9.69 Å². The van der Waals surface area contributed by atoms with Gasteiger partial charge in [0.2, 0.25) is 5.91 Å². The van der Waals surface area contributed by atoms with E-state index in [1.165, 1.54) is 18.4 Å². The van der Waals surface area contributed by atoms with Crippen LogP contribution in [0.1, 0.15) is 67.6 Å². The molecule has 2 aromatic rings. The highest BCUT2D eigenvalue weighted by Crippen LogP contribution is 2.39. The maximum Gasteiger partial charge on any atom is 0.233 e. The fraction of sp³-hybridized carbons (Fsp3) is 0.522. The highest BCUT2D eigenvalue weighted by Gasteiger charge is 2.32. The first-order valence-corrected chi connectivity index (χ1v) is 10.4. The molecule has 0 saturated heterocycles. The van der Waals surface area contributed by atoms with E-state index in [-0.39, 0.29) is 5.91 Å². The number of hydrogen-bond acceptors (Lipinski definition) is 4. The van der Waals surface area contributed by atoms with Crippen LogP contribution in [0.2, 0.25) is 0 Å². The summed E-state index contributed by atoms with van der Waals surface area (Å²) in [5, 5.41) is 3.58. The monoisotopic (exact) mass is 380 g/mol. The summed E-state index contributed by atoms with van der Waals surface area (Å²) in [6.45, 7) is 12.5. The number of rotatable bonds is 6. The van der Waals surface area contributed by atoms with Gasteiger partial charge < -0.3 is 5.32 Å². The number of amides is 1. The maximum atomic E-state index is 13.0. The van der Waals surface area contributed by atoms with Crippen molar-refractivity contribution >= 4 is 23.2 Å². The Morgan fingerprint density at radius 1 is 1.11 bits per heavy atom. The SMILES string of the molecule is CCCCC(C)Nc1nc(C)nc2c1CCC(=O)N2c1c(C)cc(C)cc1C. The number of benzene rings is 1. The van der Waals surface area contributed by atoms with Gasteiger partial charge in [-0.15, -0.1) is 0 Å². The Hall–Kier alpha value is -2.43. The molecule has 5 heteroatoms. The number of fused-ring (bicyclic) bond motifs is 1. The molecule has 1 amide bonds. The van der Waals surface area contributed by atoms with E-state index in [2.05, 4.69) is 57.1 Å². The fourth-order valence-corrected chi connectivity index (χ4v) is 4.15. The number of anilines is 3. The van der Waals surface area contributed by atoms with Crippen LogP contribution in [0.25, 0.3) is 0 Å². The molecule has 1 aromatic heterocycles. The Morgan fingerprint density at radius 3 is 2.43 bits per heavy atom. The van der Waals surface area contributed by atoms with Gasteiger partial charge in [0.05, 0.1) is 5.69 Å². The predicted molar refractivity (Wildman–Crippen MR) is 115 cm³/mol. The molecule has 5 nitrogen and oxygen atoms in total. The van der Waals surface area contributed by atoms with Crippen molar-refractivity contribution in [1.82, 2.24) is 9.97 Å². The predicted octanol–water partition coefficient (Wildman–Crippen LogP) is 5.31. The van der Waals surface area contributed by atoms with Gasteiger partial charge in [0, 0.05) is 18.0 Å². The maximum absolute atomic E-state index is 13.0. The molecule has 0 fully saturated rings. The minimum Gasteiger partial charge on any atom is -0.367 e. The minimum atomic E-state index is 0.102. The molecule has 0 aliphatic carbocycles. The van der Waals surface area contributed by atoms with Crippen LogP contribution in [0, 0.1) is 27.7 Å². The third kappa shape index (κ3) is 4.03. The van der Waals surface area contributed by atoms with Crippen molar-refractivity contribution in [1.29, 1.82) is 0 Å². The molecule has 1 N–H and O–H groups in total. The summed E-state index contributed by atoms with van der Waals surface area (Å²) < 4.78 is 0. The molecule has 0 saturated carbocycles. The number of unbranched alkanes of at least 4 members (excludes halogenated alkanes) is 1.